The number of halogens is 3. The van der Waals surface area contributed by atoms with Crippen molar-refractivity contribution < 1.29 is 23.1 Å². The summed E-state index contributed by atoms with van der Waals surface area (Å²) in [6.07, 6.45) is 0.504. The molecule has 1 aliphatic rings. The van der Waals surface area contributed by atoms with Crippen molar-refractivity contribution in [2.24, 2.45) is 18.0 Å². The second-order valence-corrected chi connectivity index (χ2v) is 10.4. The van der Waals surface area contributed by atoms with Crippen LogP contribution in [-0.2, 0) is 25.2 Å². The molecule has 0 unspecified atom stereocenters. The number of aliphatic hydroxyl groups is 1. The Morgan fingerprint density at radius 2 is 1.79 bits per heavy atom. The van der Waals surface area contributed by atoms with Crippen LogP contribution in [0.5, 0.6) is 0 Å². The van der Waals surface area contributed by atoms with E-state index in [0.29, 0.717) is 18.0 Å². The summed E-state index contributed by atoms with van der Waals surface area (Å²) in [5.41, 5.74) is -0.808. The molecule has 8 heteroatoms. The Kier molecular flexibility index (Phi) is 6.54. The molecule has 1 saturated carbocycles. The van der Waals surface area contributed by atoms with Crippen LogP contribution in [-0.4, -0.2) is 26.0 Å². The number of hydrogen-bond acceptors (Lipinski definition) is 2. The summed E-state index contributed by atoms with van der Waals surface area (Å²) in [7, 11) is 1.91. The van der Waals surface area contributed by atoms with Gasteiger partial charge >= 0.3 is 6.18 Å². The summed E-state index contributed by atoms with van der Waals surface area (Å²) in [6, 6.07) is 4.82. The van der Waals surface area contributed by atoms with Crippen LogP contribution >= 0.6 is 0 Å². The molecule has 1 heterocycles. The molecule has 0 aliphatic heterocycles. The highest BCUT2D eigenvalue weighted by atomic mass is 19.4. The number of rotatable bonds is 5. The van der Waals surface area contributed by atoms with E-state index in [1.807, 2.05) is 22.5 Å². The SMILES string of the molecule is Cn1c(C(C)(C)C)cc(=NC(=O)c2cc(C(F)(F)F)ccc2C=CC(C)(C)O)n1CC1CC1. The van der Waals surface area contributed by atoms with E-state index in [-0.39, 0.29) is 16.5 Å². The van der Waals surface area contributed by atoms with Crippen LogP contribution in [0.3, 0.4) is 0 Å². The zero-order chi connectivity index (χ0) is 24.8. The van der Waals surface area contributed by atoms with Gasteiger partial charge in [0.2, 0.25) is 0 Å². The van der Waals surface area contributed by atoms with E-state index in [0.717, 1.165) is 30.7 Å². The fraction of sp³-hybridized carbons (Fsp3) is 0.520. The molecular formula is C25H32F3N3O2. The van der Waals surface area contributed by atoms with Crippen LogP contribution in [0.1, 0.15) is 74.6 Å². The monoisotopic (exact) mass is 463 g/mol. The molecule has 3 rings (SSSR count). The van der Waals surface area contributed by atoms with E-state index in [4.69, 9.17) is 0 Å². The van der Waals surface area contributed by atoms with Crippen molar-refractivity contribution in [1.82, 2.24) is 9.36 Å². The second kappa shape index (κ2) is 8.63. The molecule has 1 fully saturated rings. The summed E-state index contributed by atoms with van der Waals surface area (Å²) in [6.45, 7) is 9.95. The highest BCUT2D eigenvalue weighted by Crippen LogP contribution is 2.32. The third-order valence-electron chi connectivity index (χ3n) is 5.64. The summed E-state index contributed by atoms with van der Waals surface area (Å²) in [5.74, 6) is -0.244. The van der Waals surface area contributed by atoms with Gasteiger partial charge in [-0.05, 0) is 50.3 Å². The summed E-state index contributed by atoms with van der Waals surface area (Å²) < 4.78 is 44.0. The molecule has 1 aromatic heterocycles. The molecule has 0 bridgehead atoms. The Balaban J connectivity index is 2.15. The Hall–Kier alpha value is -2.61. The van der Waals surface area contributed by atoms with Crippen molar-refractivity contribution in [2.45, 2.75) is 71.2 Å². The first-order valence-electron chi connectivity index (χ1n) is 11.1. The molecule has 2 aromatic rings. The highest BCUT2D eigenvalue weighted by Gasteiger charge is 2.32. The molecule has 0 saturated heterocycles. The van der Waals surface area contributed by atoms with Gasteiger partial charge in [0, 0.05) is 36.3 Å². The molecule has 180 valence electrons. The standard InChI is InChI=1S/C25H32F3N3O2/c1-23(2,3)20-14-21(31(30(20)6)15-16-7-8-16)29-22(32)19-13-18(25(26,27)28)10-9-17(19)11-12-24(4,5)33/h9-14,16,33H,7-8,15H2,1-6H3. The van der Waals surface area contributed by atoms with Gasteiger partial charge < -0.3 is 5.11 Å². The minimum absolute atomic E-state index is 0.163. The van der Waals surface area contributed by atoms with Gasteiger partial charge in [0.05, 0.1) is 11.2 Å². The van der Waals surface area contributed by atoms with Crippen molar-refractivity contribution in [1.29, 1.82) is 0 Å². The second-order valence-electron chi connectivity index (χ2n) is 10.4. The smallest absolute Gasteiger partial charge is 0.386 e. The van der Waals surface area contributed by atoms with Crippen LogP contribution in [0.15, 0.2) is 35.3 Å². The van der Waals surface area contributed by atoms with E-state index in [1.165, 1.54) is 32.1 Å². The summed E-state index contributed by atoms with van der Waals surface area (Å²) in [5, 5.41) is 9.98. The Labute approximate surface area is 192 Å². The lowest BCUT2D eigenvalue weighted by atomic mass is 9.92. The molecule has 0 spiro atoms. The van der Waals surface area contributed by atoms with Crippen molar-refractivity contribution in [2.75, 3.05) is 0 Å². The average molecular weight is 464 g/mol. The van der Waals surface area contributed by atoms with Gasteiger partial charge in [-0.25, -0.2) is 0 Å². The normalized spacial score (nSPS) is 16.1. The van der Waals surface area contributed by atoms with Gasteiger partial charge in [-0.1, -0.05) is 39.0 Å². The summed E-state index contributed by atoms with van der Waals surface area (Å²) in [4.78, 5) is 17.5. The molecule has 5 nitrogen and oxygen atoms in total. The maximum atomic E-state index is 13.4. The quantitative estimate of drug-likeness (QED) is 0.672. The lowest BCUT2D eigenvalue weighted by molar-refractivity contribution is -0.137. The highest BCUT2D eigenvalue weighted by molar-refractivity contribution is 5.98. The fourth-order valence-electron chi connectivity index (χ4n) is 3.65. The average Bonchev–Trinajstić information content (AvgIpc) is 3.43. The molecule has 0 radical (unpaired) electrons. The Bertz CT molecular complexity index is 1140. The molecule has 33 heavy (non-hydrogen) atoms. The lowest BCUT2D eigenvalue weighted by Gasteiger charge is -2.20. The first-order valence-corrected chi connectivity index (χ1v) is 11.1. The van der Waals surface area contributed by atoms with Crippen molar-refractivity contribution >= 4 is 12.0 Å². The van der Waals surface area contributed by atoms with E-state index in [1.54, 1.807) is 0 Å². The van der Waals surface area contributed by atoms with Crippen LogP contribution in [0.4, 0.5) is 13.2 Å². The number of alkyl halides is 3. The van der Waals surface area contributed by atoms with Gasteiger partial charge in [-0.2, -0.15) is 18.2 Å². The number of hydrogen-bond donors (Lipinski definition) is 1. The predicted octanol–water partition coefficient (Wildman–Crippen LogP) is 5.08. The van der Waals surface area contributed by atoms with Crippen LogP contribution in [0, 0.1) is 5.92 Å². The van der Waals surface area contributed by atoms with Crippen LogP contribution in [0.25, 0.3) is 6.08 Å². The Morgan fingerprint density at radius 1 is 1.15 bits per heavy atom. The van der Waals surface area contributed by atoms with Gasteiger partial charge in [0.25, 0.3) is 5.91 Å². The lowest BCUT2D eigenvalue weighted by Crippen LogP contribution is -2.26. The van der Waals surface area contributed by atoms with Crippen LogP contribution < -0.4 is 5.49 Å². The number of benzene rings is 1. The zero-order valence-corrected chi connectivity index (χ0v) is 20.0. The van der Waals surface area contributed by atoms with Gasteiger partial charge in [0.15, 0.2) is 5.49 Å². The number of carbonyl (C=O) groups is 1. The number of nitrogens with zero attached hydrogens (tertiary/aromatic N) is 3. The van der Waals surface area contributed by atoms with Gasteiger partial charge in [-0.15, -0.1) is 0 Å². The van der Waals surface area contributed by atoms with E-state index in [9.17, 15) is 23.1 Å². The maximum absolute atomic E-state index is 13.4. The minimum atomic E-state index is -4.59. The van der Waals surface area contributed by atoms with Crippen molar-refractivity contribution in [3.63, 3.8) is 0 Å². The van der Waals surface area contributed by atoms with Crippen LogP contribution in [0.2, 0.25) is 0 Å². The van der Waals surface area contributed by atoms with E-state index >= 15 is 0 Å². The molecule has 1 N–H and O–H groups in total. The Morgan fingerprint density at radius 3 is 2.30 bits per heavy atom. The topological polar surface area (TPSA) is 59.5 Å². The van der Waals surface area contributed by atoms with E-state index < -0.39 is 23.2 Å². The number of carbonyl (C=O) groups excluding carboxylic acids is 1. The number of aromatic nitrogens is 2. The first kappa shape index (κ1) is 25.0. The third-order valence-corrected chi connectivity index (χ3v) is 5.64. The molecule has 1 aromatic carbocycles. The molecule has 1 aliphatic carbocycles. The maximum Gasteiger partial charge on any atom is 0.416 e. The zero-order valence-electron chi connectivity index (χ0n) is 20.0. The molecule has 1 amide bonds. The van der Waals surface area contributed by atoms with Crippen molar-refractivity contribution in [3.05, 3.63) is 58.2 Å². The first-order chi connectivity index (χ1) is 15.1. The molecule has 0 atom stereocenters. The van der Waals surface area contributed by atoms with E-state index in [2.05, 4.69) is 25.8 Å². The van der Waals surface area contributed by atoms with Crippen molar-refractivity contribution in [3.8, 4) is 0 Å². The molecular weight excluding hydrogens is 431 g/mol. The third kappa shape index (κ3) is 6.25. The fourth-order valence-corrected chi connectivity index (χ4v) is 3.65. The largest absolute Gasteiger partial charge is 0.416 e. The summed E-state index contributed by atoms with van der Waals surface area (Å²) >= 11 is 0. The van der Waals surface area contributed by atoms with Gasteiger partial charge in [-0.3, -0.25) is 14.2 Å². The minimum Gasteiger partial charge on any atom is -0.386 e. The predicted molar refractivity (Wildman–Crippen MR) is 121 cm³/mol. The van der Waals surface area contributed by atoms with Gasteiger partial charge in [0.1, 0.15) is 0 Å². The number of amides is 1.